The van der Waals surface area contributed by atoms with Crippen molar-refractivity contribution >= 4 is 24.5 Å². The van der Waals surface area contributed by atoms with Gasteiger partial charge in [-0.05, 0) is 42.0 Å². The van der Waals surface area contributed by atoms with E-state index in [1.165, 1.54) is 0 Å². The Hall–Kier alpha value is -3.22. The van der Waals surface area contributed by atoms with Crippen molar-refractivity contribution in [3.63, 3.8) is 0 Å². The molecule has 6 heteroatoms. The second-order valence-electron chi connectivity index (χ2n) is 7.87. The fraction of sp³-hybridized carbons (Fsp3) is 0.240. The third kappa shape index (κ3) is 3.92. The second kappa shape index (κ2) is 8.88. The van der Waals surface area contributed by atoms with Gasteiger partial charge in [-0.3, -0.25) is 4.57 Å². The lowest BCUT2D eigenvalue weighted by Gasteiger charge is -2.37. The summed E-state index contributed by atoms with van der Waals surface area (Å²) >= 11 is 0. The van der Waals surface area contributed by atoms with E-state index >= 15 is 4.57 Å². The summed E-state index contributed by atoms with van der Waals surface area (Å²) in [7, 11) is 0.799. The molecule has 1 unspecified atom stereocenters. The first-order chi connectivity index (χ1) is 15.1. The molecule has 3 aromatic rings. The molecule has 158 valence electrons. The average molecular weight is 430 g/mol. The second-order valence-corrected chi connectivity index (χ2v) is 10.6. The molecule has 1 saturated heterocycles. The van der Waals surface area contributed by atoms with E-state index in [-0.39, 0.29) is 6.42 Å². The number of hydrogen-bond acceptors (Lipinski definition) is 3. The Balaban J connectivity index is 1.85. The summed E-state index contributed by atoms with van der Waals surface area (Å²) < 4.78 is 19.1. The van der Waals surface area contributed by atoms with Crippen molar-refractivity contribution in [2.45, 2.75) is 12.1 Å². The predicted octanol–water partition coefficient (Wildman–Crippen LogP) is 5.93. The zero-order valence-corrected chi connectivity index (χ0v) is 18.8. The Labute approximate surface area is 184 Å². The van der Waals surface area contributed by atoms with Crippen LogP contribution in [0.25, 0.3) is 0 Å². The van der Waals surface area contributed by atoms with E-state index in [0.29, 0.717) is 13.1 Å². The van der Waals surface area contributed by atoms with E-state index in [1.54, 1.807) is 0 Å². The third-order valence-corrected chi connectivity index (χ3v) is 9.35. The van der Waals surface area contributed by atoms with Crippen molar-refractivity contribution in [1.82, 2.24) is 0 Å². The van der Waals surface area contributed by atoms with Crippen molar-refractivity contribution in [3.05, 3.63) is 90.5 Å². The van der Waals surface area contributed by atoms with Crippen LogP contribution in [0.4, 0.5) is 17.1 Å². The van der Waals surface area contributed by atoms with Crippen LogP contribution in [0.3, 0.4) is 0 Å². The van der Waals surface area contributed by atoms with Crippen LogP contribution < -0.4 is 14.2 Å². The van der Waals surface area contributed by atoms with Crippen LogP contribution in [0, 0.1) is 11.3 Å². The van der Waals surface area contributed by atoms with Crippen LogP contribution in [0.2, 0.25) is 0 Å². The number of nitriles is 1. The molecule has 5 nitrogen and oxygen atoms in total. The monoisotopic (exact) mass is 430 g/mol. The first-order valence-corrected chi connectivity index (χ1v) is 12.1. The maximum Gasteiger partial charge on any atom is 0.271 e. The minimum atomic E-state index is -3.19. The van der Waals surface area contributed by atoms with E-state index < -0.39 is 13.1 Å². The lowest BCUT2D eigenvalue weighted by molar-refractivity contribution is 0.565. The molecular weight excluding hydrogens is 403 g/mol. The van der Waals surface area contributed by atoms with Crippen LogP contribution in [0.5, 0.6) is 0 Å². The van der Waals surface area contributed by atoms with Crippen molar-refractivity contribution in [2.75, 3.05) is 41.4 Å². The van der Waals surface area contributed by atoms with Gasteiger partial charge in [0, 0.05) is 44.2 Å². The Morgan fingerprint density at radius 1 is 0.871 bits per heavy atom. The van der Waals surface area contributed by atoms with Gasteiger partial charge in [-0.15, -0.1) is 0 Å². The topological polar surface area (TPSA) is 50.6 Å². The van der Waals surface area contributed by atoms with E-state index in [2.05, 4.69) is 6.07 Å². The van der Waals surface area contributed by atoms with Crippen LogP contribution in [0.1, 0.15) is 17.6 Å². The van der Waals surface area contributed by atoms with Gasteiger partial charge in [0.2, 0.25) is 0 Å². The Kier molecular flexibility index (Phi) is 6.02. The lowest BCUT2D eigenvalue weighted by Crippen LogP contribution is -2.24. The summed E-state index contributed by atoms with van der Waals surface area (Å²) in [6.45, 7) is 1.29. The quantitative estimate of drug-likeness (QED) is 0.454. The van der Waals surface area contributed by atoms with Crippen molar-refractivity contribution in [3.8, 4) is 6.07 Å². The van der Waals surface area contributed by atoms with E-state index in [9.17, 15) is 5.26 Å². The molecule has 0 aliphatic carbocycles. The maximum absolute atomic E-state index is 15.1. The maximum atomic E-state index is 15.1. The summed E-state index contributed by atoms with van der Waals surface area (Å²) in [4.78, 5) is 2.04. The smallest absolute Gasteiger partial charge is 0.271 e. The van der Waals surface area contributed by atoms with Gasteiger partial charge in [-0.2, -0.15) is 5.26 Å². The first-order valence-electron chi connectivity index (χ1n) is 10.5. The standard InChI is InChI=1S/C25H27N4OP/c1-27(2)22-15-13-21(14-16-22)25(17-18-26)31(30)28(23-9-5-3-6-10-23)19-20-29(31)24-11-7-4-8-12-24/h3-16,25H,17,19-20H2,1-2H3. The van der Waals surface area contributed by atoms with Gasteiger partial charge in [0.05, 0.1) is 18.1 Å². The summed E-state index contributed by atoms with van der Waals surface area (Å²) in [5.74, 6) is 0. The summed E-state index contributed by atoms with van der Waals surface area (Å²) in [5, 5.41) is 9.71. The molecule has 1 heterocycles. The molecule has 0 radical (unpaired) electrons. The molecule has 1 aliphatic rings. The molecule has 4 rings (SSSR count). The number of benzene rings is 3. The molecule has 31 heavy (non-hydrogen) atoms. The highest BCUT2D eigenvalue weighted by molar-refractivity contribution is 7.68. The molecule has 1 fully saturated rings. The highest BCUT2D eigenvalue weighted by Gasteiger charge is 2.49. The highest BCUT2D eigenvalue weighted by atomic mass is 31.2. The van der Waals surface area contributed by atoms with Crippen LogP contribution in [-0.2, 0) is 4.57 Å². The van der Waals surface area contributed by atoms with Crippen molar-refractivity contribution < 1.29 is 4.57 Å². The fourth-order valence-electron chi connectivity index (χ4n) is 4.24. The average Bonchev–Trinajstić information content (AvgIpc) is 3.16. The predicted molar refractivity (Wildman–Crippen MR) is 129 cm³/mol. The molecule has 1 atom stereocenters. The number of rotatable bonds is 6. The number of nitrogens with zero attached hydrogens (tertiary/aromatic N) is 4. The molecular formula is C25H27N4OP. The number of hydrogen-bond donors (Lipinski definition) is 0. The van der Waals surface area contributed by atoms with Gasteiger partial charge in [0.25, 0.3) is 7.44 Å². The molecule has 0 spiro atoms. The van der Waals surface area contributed by atoms with Crippen LogP contribution >= 0.6 is 7.44 Å². The van der Waals surface area contributed by atoms with E-state index in [1.807, 2.05) is 113 Å². The zero-order chi connectivity index (χ0) is 21.8. The van der Waals surface area contributed by atoms with E-state index in [0.717, 1.165) is 22.6 Å². The fourth-order valence-corrected chi connectivity index (χ4v) is 7.74. The minimum absolute atomic E-state index is 0.186. The summed E-state index contributed by atoms with van der Waals surface area (Å²) in [5.41, 5.74) is 3.44. The molecule has 0 N–H and O–H groups in total. The van der Waals surface area contributed by atoms with Crippen LogP contribution in [-0.4, -0.2) is 27.2 Å². The zero-order valence-electron chi connectivity index (χ0n) is 17.9. The van der Waals surface area contributed by atoms with Gasteiger partial charge in [-0.1, -0.05) is 48.5 Å². The Morgan fingerprint density at radius 3 is 1.77 bits per heavy atom. The van der Waals surface area contributed by atoms with Gasteiger partial charge >= 0.3 is 0 Å². The molecule has 0 aromatic heterocycles. The lowest BCUT2D eigenvalue weighted by atomic mass is 10.1. The molecule has 1 aliphatic heterocycles. The molecule has 0 saturated carbocycles. The largest absolute Gasteiger partial charge is 0.378 e. The normalized spacial score (nSPS) is 16.0. The summed E-state index contributed by atoms with van der Waals surface area (Å²) in [6.07, 6.45) is 0.186. The van der Waals surface area contributed by atoms with Crippen LogP contribution in [0.15, 0.2) is 84.9 Å². The molecule has 0 bridgehead atoms. The number of para-hydroxylation sites is 2. The minimum Gasteiger partial charge on any atom is -0.378 e. The van der Waals surface area contributed by atoms with Crippen molar-refractivity contribution in [1.29, 1.82) is 5.26 Å². The molecule has 3 aromatic carbocycles. The molecule has 0 amide bonds. The summed E-state index contributed by atoms with van der Waals surface area (Å²) in [6, 6.07) is 30.2. The van der Waals surface area contributed by atoms with E-state index in [4.69, 9.17) is 0 Å². The van der Waals surface area contributed by atoms with Gasteiger partial charge in [0.15, 0.2) is 0 Å². The SMILES string of the molecule is CN(C)c1ccc(C(CC#N)P2(=O)N(c3ccccc3)CCN2c2ccccc2)cc1. The Bertz CT molecular complexity index is 1040. The highest BCUT2D eigenvalue weighted by Crippen LogP contribution is 2.69. The Morgan fingerprint density at radius 2 is 1.35 bits per heavy atom. The van der Waals surface area contributed by atoms with Crippen molar-refractivity contribution in [2.24, 2.45) is 0 Å². The van der Waals surface area contributed by atoms with Gasteiger partial charge in [-0.25, -0.2) is 0 Å². The number of anilines is 3. The first kappa shape index (κ1) is 21.0. The van der Waals surface area contributed by atoms with Gasteiger partial charge < -0.3 is 14.2 Å². The third-order valence-electron chi connectivity index (χ3n) is 5.81. The van der Waals surface area contributed by atoms with Gasteiger partial charge in [0.1, 0.15) is 0 Å².